The van der Waals surface area contributed by atoms with E-state index in [1.165, 1.54) is 32.0 Å². The van der Waals surface area contributed by atoms with E-state index in [1.807, 2.05) is 0 Å². The second kappa shape index (κ2) is 14.4. The Bertz CT molecular complexity index is 911. The molecule has 0 aliphatic carbocycles. The van der Waals surface area contributed by atoms with Gasteiger partial charge < -0.3 is 30.5 Å². The predicted octanol–water partition coefficient (Wildman–Crippen LogP) is 3.74. The molecule has 0 amide bonds. The molecule has 0 spiro atoms. The number of halogens is 1. The molecule has 0 unspecified atom stereocenters. The minimum absolute atomic E-state index is 0. The van der Waals surface area contributed by atoms with Gasteiger partial charge in [-0.3, -0.25) is 0 Å². The molecule has 0 fully saturated rings. The zero-order chi connectivity index (χ0) is 22.8. The summed E-state index contributed by atoms with van der Waals surface area (Å²) < 4.78 is 11.0. The number of carbonyl (C=O) groups is 2. The summed E-state index contributed by atoms with van der Waals surface area (Å²) in [4.78, 5) is 23.6. The van der Waals surface area contributed by atoms with Crippen molar-refractivity contribution in [2.45, 2.75) is 24.9 Å². The lowest BCUT2D eigenvalue weighted by Crippen LogP contribution is -2.27. The molecule has 0 aliphatic rings. The van der Waals surface area contributed by atoms with Crippen LogP contribution in [0.25, 0.3) is 20.9 Å². The van der Waals surface area contributed by atoms with E-state index in [4.69, 9.17) is 20.9 Å². The van der Waals surface area contributed by atoms with Gasteiger partial charge in [-0.2, -0.15) is 0 Å². The first-order valence-corrected chi connectivity index (χ1v) is 12.2. The topological polar surface area (TPSA) is 105 Å². The first-order chi connectivity index (χ1) is 15.6. The summed E-state index contributed by atoms with van der Waals surface area (Å²) in [5.41, 5.74) is 15.9. The predicted molar refractivity (Wildman–Crippen MR) is 137 cm³/mol. The standard InChI is InChI=1S/C24H28N2O4S2.ClH/c25-21(13-27)15-29-9-5-19-7-11-31-23(19)17-1-2-18(4-3-17)24-20(8-12-32-24)6-10-30-16-22(26)14-28;/h1-4,7-8,11-14,21-22H,5-6,9-10,15-16,25-26H2;1H/t21-,22-;/m1./s1. The Morgan fingerprint density at radius 2 is 1.12 bits per heavy atom. The molecule has 2 atom stereocenters. The van der Waals surface area contributed by atoms with Crippen LogP contribution in [-0.2, 0) is 31.9 Å². The molecule has 1 aromatic carbocycles. The molecule has 2 heterocycles. The highest BCUT2D eigenvalue weighted by atomic mass is 35.5. The maximum Gasteiger partial charge on any atom is 0.139 e. The van der Waals surface area contributed by atoms with Crippen molar-refractivity contribution in [3.05, 3.63) is 58.3 Å². The van der Waals surface area contributed by atoms with Crippen LogP contribution in [0.15, 0.2) is 47.2 Å². The third-order valence-electron chi connectivity index (χ3n) is 4.90. The van der Waals surface area contributed by atoms with E-state index >= 15 is 0 Å². The van der Waals surface area contributed by atoms with Crippen LogP contribution in [0.4, 0.5) is 0 Å². The third kappa shape index (κ3) is 8.12. The number of ether oxygens (including phenoxy) is 2. The molecule has 0 saturated carbocycles. The zero-order valence-electron chi connectivity index (χ0n) is 18.2. The molecule has 6 nitrogen and oxygen atoms in total. The van der Waals surface area contributed by atoms with Gasteiger partial charge >= 0.3 is 0 Å². The SMILES string of the molecule is Cl.N[C@H](C=O)COCCc1ccsc1-c1ccc(-c2sccc2CCOC[C@H](N)C=O)cc1. The number of thiophene rings is 2. The summed E-state index contributed by atoms with van der Waals surface area (Å²) in [6, 6.07) is 11.7. The lowest BCUT2D eigenvalue weighted by Gasteiger charge is -2.09. The lowest BCUT2D eigenvalue weighted by molar-refractivity contribution is -0.110. The van der Waals surface area contributed by atoms with Crippen LogP contribution in [0.2, 0.25) is 0 Å². The average Bonchev–Trinajstić information content (AvgIpc) is 3.49. The van der Waals surface area contributed by atoms with E-state index in [0.717, 1.165) is 12.8 Å². The molecule has 9 heteroatoms. The zero-order valence-corrected chi connectivity index (χ0v) is 20.6. The summed E-state index contributed by atoms with van der Waals surface area (Å²) in [7, 11) is 0. The van der Waals surface area contributed by atoms with E-state index < -0.39 is 12.1 Å². The van der Waals surface area contributed by atoms with E-state index in [9.17, 15) is 9.59 Å². The maximum atomic E-state index is 10.6. The molecule has 0 radical (unpaired) electrons. The number of benzene rings is 1. The van der Waals surface area contributed by atoms with Gasteiger partial charge in [0.05, 0.1) is 38.5 Å². The van der Waals surface area contributed by atoms with Gasteiger partial charge in [-0.15, -0.1) is 35.1 Å². The van der Waals surface area contributed by atoms with Crippen LogP contribution >= 0.6 is 35.1 Å². The summed E-state index contributed by atoms with van der Waals surface area (Å²) in [5.74, 6) is 0. The highest BCUT2D eigenvalue weighted by Crippen LogP contribution is 2.34. The van der Waals surface area contributed by atoms with Gasteiger partial charge in [0.1, 0.15) is 12.6 Å². The van der Waals surface area contributed by atoms with Gasteiger partial charge in [0.25, 0.3) is 0 Å². The Labute approximate surface area is 208 Å². The van der Waals surface area contributed by atoms with Crippen molar-refractivity contribution in [1.82, 2.24) is 0 Å². The molecule has 4 N–H and O–H groups in total. The van der Waals surface area contributed by atoms with Crippen LogP contribution in [0, 0.1) is 0 Å². The van der Waals surface area contributed by atoms with Gasteiger partial charge in [-0.25, -0.2) is 0 Å². The number of hydrogen-bond donors (Lipinski definition) is 2. The Balaban J connectivity index is 0.00000385. The Kier molecular flexibility index (Phi) is 11.9. The van der Waals surface area contributed by atoms with Crippen LogP contribution < -0.4 is 11.5 Å². The van der Waals surface area contributed by atoms with E-state index in [2.05, 4.69) is 47.2 Å². The van der Waals surface area contributed by atoms with E-state index in [-0.39, 0.29) is 25.6 Å². The van der Waals surface area contributed by atoms with Gasteiger partial charge in [0.15, 0.2) is 0 Å². The molecular formula is C24H29ClN2O4S2. The second-order valence-electron chi connectivity index (χ2n) is 7.38. The minimum atomic E-state index is -0.563. The van der Waals surface area contributed by atoms with Gasteiger partial charge in [-0.05, 0) is 58.0 Å². The molecule has 2 aromatic heterocycles. The molecule has 0 aliphatic heterocycles. The lowest BCUT2D eigenvalue weighted by atomic mass is 10.0. The van der Waals surface area contributed by atoms with Crippen molar-refractivity contribution >= 4 is 47.7 Å². The monoisotopic (exact) mass is 508 g/mol. The van der Waals surface area contributed by atoms with E-state index in [0.29, 0.717) is 25.8 Å². The molecule has 33 heavy (non-hydrogen) atoms. The number of carbonyl (C=O) groups excluding carboxylic acids is 2. The van der Waals surface area contributed by atoms with Crippen molar-refractivity contribution < 1.29 is 19.1 Å². The van der Waals surface area contributed by atoms with Crippen molar-refractivity contribution in [1.29, 1.82) is 0 Å². The first kappa shape index (κ1) is 27.3. The Morgan fingerprint density at radius 3 is 1.48 bits per heavy atom. The summed E-state index contributed by atoms with van der Waals surface area (Å²) in [5, 5.41) is 4.17. The van der Waals surface area contributed by atoms with Crippen molar-refractivity contribution in [2.24, 2.45) is 11.5 Å². The van der Waals surface area contributed by atoms with Crippen LogP contribution in [-0.4, -0.2) is 51.1 Å². The average molecular weight is 509 g/mol. The van der Waals surface area contributed by atoms with Crippen LogP contribution in [0.1, 0.15) is 11.1 Å². The normalized spacial score (nSPS) is 12.7. The number of rotatable bonds is 14. The highest BCUT2D eigenvalue weighted by Gasteiger charge is 2.11. The Hall–Kier alpha value is -1.91. The summed E-state index contributed by atoms with van der Waals surface area (Å²) in [6.07, 6.45) is 2.95. The number of aldehydes is 2. The highest BCUT2D eigenvalue weighted by molar-refractivity contribution is 7.14. The Morgan fingerprint density at radius 1 is 0.727 bits per heavy atom. The van der Waals surface area contributed by atoms with Crippen LogP contribution in [0.5, 0.6) is 0 Å². The fourth-order valence-corrected chi connectivity index (χ4v) is 5.15. The van der Waals surface area contributed by atoms with Crippen molar-refractivity contribution in [3.63, 3.8) is 0 Å². The molecule has 178 valence electrons. The molecule has 3 aromatic rings. The smallest absolute Gasteiger partial charge is 0.139 e. The fraction of sp³-hybridized carbons (Fsp3) is 0.333. The summed E-state index contributed by atoms with van der Waals surface area (Å²) in [6.45, 7) is 1.55. The minimum Gasteiger partial charge on any atom is -0.379 e. The van der Waals surface area contributed by atoms with Crippen molar-refractivity contribution in [2.75, 3.05) is 26.4 Å². The molecule has 0 saturated heterocycles. The third-order valence-corrected chi connectivity index (χ3v) is 6.92. The quantitative estimate of drug-likeness (QED) is 0.254. The van der Waals surface area contributed by atoms with Gasteiger partial charge in [-0.1, -0.05) is 24.3 Å². The maximum absolute atomic E-state index is 10.6. The van der Waals surface area contributed by atoms with Gasteiger partial charge in [0, 0.05) is 9.75 Å². The van der Waals surface area contributed by atoms with Crippen LogP contribution in [0.3, 0.4) is 0 Å². The van der Waals surface area contributed by atoms with E-state index in [1.54, 1.807) is 22.7 Å². The summed E-state index contributed by atoms with van der Waals surface area (Å²) >= 11 is 3.42. The second-order valence-corrected chi connectivity index (χ2v) is 9.21. The molecular weight excluding hydrogens is 480 g/mol. The van der Waals surface area contributed by atoms with Gasteiger partial charge in [0.2, 0.25) is 0 Å². The molecule has 0 bridgehead atoms. The number of hydrogen-bond acceptors (Lipinski definition) is 8. The molecule has 3 rings (SSSR count). The van der Waals surface area contributed by atoms with Crippen molar-refractivity contribution in [3.8, 4) is 20.9 Å². The fourth-order valence-electron chi connectivity index (χ4n) is 3.23. The largest absolute Gasteiger partial charge is 0.379 e. The number of nitrogens with two attached hydrogens (primary N) is 2. The first-order valence-electron chi connectivity index (χ1n) is 10.4.